The molecule has 22 heavy (non-hydrogen) atoms. The van der Waals surface area contributed by atoms with Gasteiger partial charge in [0, 0.05) is 10.8 Å². The minimum atomic E-state index is 0.660. The molecule has 0 amide bonds. The lowest BCUT2D eigenvalue weighted by molar-refractivity contribution is 0.295. The van der Waals surface area contributed by atoms with Gasteiger partial charge in [0.1, 0.15) is 5.75 Å². The van der Waals surface area contributed by atoms with E-state index in [-0.39, 0.29) is 0 Å². The Hall–Kier alpha value is -2.02. The number of aryl methyl sites for hydroxylation is 1. The molecule has 0 spiro atoms. The number of rotatable bonds is 5. The summed E-state index contributed by atoms with van der Waals surface area (Å²) < 4.78 is 6.24. The Morgan fingerprint density at radius 3 is 2.45 bits per heavy atom. The molecule has 1 heteroatoms. The van der Waals surface area contributed by atoms with Crippen molar-refractivity contribution in [2.75, 3.05) is 6.61 Å². The lowest BCUT2D eigenvalue weighted by Crippen LogP contribution is -2.02. The molecule has 3 rings (SSSR count). The maximum absolute atomic E-state index is 6.24. The molecular formula is C21H24O. The summed E-state index contributed by atoms with van der Waals surface area (Å²) in [6.07, 6.45) is 2.13. The van der Waals surface area contributed by atoms with Gasteiger partial charge in [0.15, 0.2) is 0 Å². The van der Waals surface area contributed by atoms with Crippen molar-refractivity contribution >= 4 is 21.5 Å². The third-order valence-corrected chi connectivity index (χ3v) is 4.23. The molecule has 0 radical (unpaired) electrons. The third kappa shape index (κ3) is 2.94. The number of ether oxygens (including phenoxy) is 1. The van der Waals surface area contributed by atoms with E-state index in [0.29, 0.717) is 5.92 Å². The second-order valence-electron chi connectivity index (χ2n) is 6.37. The van der Waals surface area contributed by atoms with E-state index >= 15 is 0 Å². The topological polar surface area (TPSA) is 9.23 Å². The van der Waals surface area contributed by atoms with E-state index in [1.165, 1.54) is 27.1 Å². The highest BCUT2D eigenvalue weighted by molar-refractivity contribution is 6.05. The highest BCUT2D eigenvalue weighted by Gasteiger charge is 2.09. The van der Waals surface area contributed by atoms with Crippen molar-refractivity contribution < 1.29 is 4.74 Å². The van der Waals surface area contributed by atoms with Crippen LogP contribution >= 0.6 is 0 Å². The van der Waals surface area contributed by atoms with E-state index in [4.69, 9.17) is 4.74 Å². The van der Waals surface area contributed by atoms with Gasteiger partial charge >= 0.3 is 0 Å². The first-order chi connectivity index (χ1) is 10.7. The molecule has 0 unspecified atom stereocenters. The molecule has 0 heterocycles. The summed E-state index contributed by atoms with van der Waals surface area (Å²) in [5, 5.41) is 4.96. The summed E-state index contributed by atoms with van der Waals surface area (Å²) in [4.78, 5) is 0. The molecule has 0 saturated carbocycles. The van der Waals surface area contributed by atoms with Crippen LogP contribution in [0.2, 0.25) is 0 Å². The average Bonchev–Trinajstić information content (AvgIpc) is 2.53. The van der Waals surface area contributed by atoms with Crippen molar-refractivity contribution in [3.05, 3.63) is 54.1 Å². The van der Waals surface area contributed by atoms with Gasteiger partial charge in [0.2, 0.25) is 0 Å². The third-order valence-electron chi connectivity index (χ3n) is 4.23. The molecule has 0 aliphatic rings. The van der Waals surface area contributed by atoms with Crippen molar-refractivity contribution in [2.24, 2.45) is 5.92 Å². The summed E-state index contributed by atoms with van der Waals surface area (Å²) in [6, 6.07) is 17.5. The zero-order valence-electron chi connectivity index (χ0n) is 13.7. The highest BCUT2D eigenvalue weighted by Crippen LogP contribution is 2.35. The van der Waals surface area contributed by atoms with Crippen LogP contribution in [0.5, 0.6) is 5.75 Å². The van der Waals surface area contributed by atoms with E-state index in [1.807, 2.05) is 0 Å². The first-order valence-electron chi connectivity index (χ1n) is 8.26. The van der Waals surface area contributed by atoms with Crippen LogP contribution in [0.4, 0.5) is 0 Å². The van der Waals surface area contributed by atoms with Crippen LogP contribution in [0.15, 0.2) is 48.5 Å². The van der Waals surface area contributed by atoms with E-state index in [0.717, 1.165) is 25.2 Å². The molecule has 0 atom stereocenters. The molecule has 0 saturated heterocycles. The van der Waals surface area contributed by atoms with Gasteiger partial charge in [-0.25, -0.2) is 0 Å². The number of benzene rings is 3. The van der Waals surface area contributed by atoms with Crippen LogP contribution in [-0.4, -0.2) is 6.61 Å². The lowest BCUT2D eigenvalue weighted by atomic mass is 9.99. The second kappa shape index (κ2) is 6.39. The zero-order chi connectivity index (χ0) is 15.5. The van der Waals surface area contributed by atoms with Crippen LogP contribution in [-0.2, 0) is 6.42 Å². The Bertz CT molecular complexity index is 786. The molecule has 0 fully saturated rings. The lowest BCUT2D eigenvalue weighted by Gasteiger charge is -2.15. The molecule has 3 aromatic rings. The largest absolute Gasteiger partial charge is 0.492 e. The van der Waals surface area contributed by atoms with Gasteiger partial charge in [0.25, 0.3) is 0 Å². The van der Waals surface area contributed by atoms with Gasteiger partial charge in [-0.3, -0.25) is 0 Å². The Morgan fingerprint density at radius 1 is 0.909 bits per heavy atom. The van der Waals surface area contributed by atoms with Crippen LogP contribution in [0.1, 0.15) is 32.8 Å². The maximum atomic E-state index is 6.24. The summed E-state index contributed by atoms with van der Waals surface area (Å²) in [5.41, 5.74) is 1.36. The normalized spacial score (nSPS) is 11.5. The Labute approximate surface area is 132 Å². The van der Waals surface area contributed by atoms with Crippen LogP contribution in [0, 0.1) is 5.92 Å². The highest BCUT2D eigenvalue weighted by atomic mass is 16.5. The van der Waals surface area contributed by atoms with E-state index in [2.05, 4.69) is 69.3 Å². The molecule has 0 N–H and O–H groups in total. The fourth-order valence-corrected chi connectivity index (χ4v) is 2.84. The van der Waals surface area contributed by atoms with Crippen molar-refractivity contribution in [1.82, 2.24) is 0 Å². The summed E-state index contributed by atoms with van der Waals surface area (Å²) >= 11 is 0. The van der Waals surface area contributed by atoms with E-state index in [9.17, 15) is 0 Å². The number of fused-ring (bicyclic) bond motifs is 2. The Morgan fingerprint density at radius 2 is 1.68 bits per heavy atom. The van der Waals surface area contributed by atoms with Gasteiger partial charge in [-0.15, -0.1) is 0 Å². The monoisotopic (exact) mass is 292 g/mol. The molecule has 0 aromatic heterocycles. The van der Waals surface area contributed by atoms with Gasteiger partial charge in [0.05, 0.1) is 6.61 Å². The number of hydrogen-bond acceptors (Lipinski definition) is 1. The minimum absolute atomic E-state index is 0.660. The van der Waals surface area contributed by atoms with Gasteiger partial charge in [-0.05, 0) is 47.2 Å². The summed E-state index contributed by atoms with van der Waals surface area (Å²) in [6.45, 7) is 7.44. The predicted molar refractivity (Wildman–Crippen MR) is 95.8 cm³/mol. The fraction of sp³-hybridized carbons (Fsp3) is 0.333. The predicted octanol–water partition coefficient (Wildman–Crippen LogP) is 5.98. The van der Waals surface area contributed by atoms with Crippen molar-refractivity contribution in [3.8, 4) is 5.75 Å². The molecule has 0 bridgehead atoms. The van der Waals surface area contributed by atoms with E-state index < -0.39 is 0 Å². The molecule has 114 valence electrons. The summed E-state index contributed by atoms with van der Waals surface area (Å²) in [5.74, 6) is 1.71. The Balaban J connectivity index is 2.16. The molecule has 3 aromatic carbocycles. The summed E-state index contributed by atoms with van der Waals surface area (Å²) in [7, 11) is 0. The standard InChI is InChI=1S/C21H24O/c1-4-16-9-10-18-14-17-7-5-6-8-19(17)21(20(18)13-16)22-12-11-15(2)3/h5-10,13-15H,4,11-12H2,1-3H3. The van der Waals surface area contributed by atoms with Crippen molar-refractivity contribution in [1.29, 1.82) is 0 Å². The van der Waals surface area contributed by atoms with Gasteiger partial charge in [-0.1, -0.05) is 57.2 Å². The fourth-order valence-electron chi connectivity index (χ4n) is 2.84. The zero-order valence-corrected chi connectivity index (χ0v) is 13.7. The van der Waals surface area contributed by atoms with E-state index in [1.54, 1.807) is 0 Å². The molecule has 1 nitrogen and oxygen atoms in total. The maximum Gasteiger partial charge on any atom is 0.134 e. The molecule has 0 aliphatic carbocycles. The van der Waals surface area contributed by atoms with Gasteiger partial charge < -0.3 is 4.74 Å². The SMILES string of the molecule is CCc1ccc2cc3ccccc3c(OCCC(C)C)c2c1. The molecule has 0 aliphatic heterocycles. The quantitative estimate of drug-likeness (QED) is 0.525. The average molecular weight is 292 g/mol. The smallest absolute Gasteiger partial charge is 0.134 e. The second-order valence-corrected chi connectivity index (χ2v) is 6.37. The van der Waals surface area contributed by atoms with Crippen LogP contribution in [0.3, 0.4) is 0 Å². The first-order valence-corrected chi connectivity index (χ1v) is 8.26. The molecular weight excluding hydrogens is 268 g/mol. The number of hydrogen-bond donors (Lipinski definition) is 0. The van der Waals surface area contributed by atoms with Crippen molar-refractivity contribution in [2.45, 2.75) is 33.6 Å². The van der Waals surface area contributed by atoms with Crippen molar-refractivity contribution in [3.63, 3.8) is 0 Å². The van der Waals surface area contributed by atoms with Crippen LogP contribution in [0.25, 0.3) is 21.5 Å². The Kier molecular flexibility index (Phi) is 4.33. The van der Waals surface area contributed by atoms with Crippen LogP contribution < -0.4 is 4.74 Å². The minimum Gasteiger partial charge on any atom is -0.492 e. The first kappa shape index (κ1) is 14.9. The van der Waals surface area contributed by atoms with Gasteiger partial charge in [-0.2, -0.15) is 0 Å².